The Morgan fingerprint density at radius 3 is 3.10 bits per heavy atom. The van der Waals surface area contributed by atoms with Crippen LogP contribution in [0, 0.1) is 0 Å². The minimum atomic E-state index is -0.173. The van der Waals surface area contributed by atoms with Gasteiger partial charge in [-0.2, -0.15) is 4.98 Å². The molecular formula is C14H17N5O2. The van der Waals surface area contributed by atoms with Gasteiger partial charge < -0.3 is 10.1 Å². The highest BCUT2D eigenvalue weighted by molar-refractivity contribution is 5.52. The summed E-state index contributed by atoms with van der Waals surface area (Å²) in [6.45, 7) is 1.52. The van der Waals surface area contributed by atoms with E-state index in [9.17, 15) is 4.79 Å². The van der Waals surface area contributed by atoms with Crippen LogP contribution >= 0.6 is 0 Å². The Hall–Kier alpha value is -2.28. The van der Waals surface area contributed by atoms with Crippen molar-refractivity contribution in [3.05, 3.63) is 35.0 Å². The molecule has 7 nitrogen and oxygen atoms in total. The van der Waals surface area contributed by atoms with Crippen molar-refractivity contribution in [2.75, 3.05) is 13.2 Å². The molecule has 0 aromatic carbocycles. The van der Waals surface area contributed by atoms with Gasteiger partial charge in [0.2, 0.25) is 0 Å². The molecule has 0 amide bonds. The Morgan fingerprint density at radius 2 is 2.38 bits per heavy atom. The highest BCUT2D eigenvalue weighted by Crippen LogP contribution is 2.15. The van der Waals surface area contributed by atoms with E-state index in [1.165, 1.54) is 17.0 Å². The zero-order chi connectivity index (χ0) is 14.7. The lowest BCUT2D eigenvalue weighted by Gasteiger charge is -2.14. The fourth-order valence-electron chi connectivity index (χ4n) is 2.29. The van der Waals surface area contributed by atoms with Crippen LogP contribution in [0.4, 0.5) is 0 Å². The minimum absolute atomic E-state index is 0.173. The summed E-state index contributed by atoms with van der Waals surface area (Å²) in [5.41, 5.74) is 0.925. The Bertz CT molecular complexity index is 665. The molecular weight excluding hydrogens is 270 g/mol. The van der Waals surface area contributed by atoms with E-state index in [1.54, 1.807) is 19.3 Å². The average Bonchev–Trinajstić information content (AvgIpc) is 3.03. The topological polar surface area (TPSA) is 81.9 Å². The first-order chi connectivity index (χ1) is 10.2. The molecule has 0 bridgehead atoms. The van der Waals surface area contributed by atoms with Gasteiger partial charge in [-0.1, -0.05) is 0 Å². The maximum Gasteiger partial charge on any atom is 0.299 e. The first-order valence-corrected chi connectivity index (χ1v) is 6.94. The SMILES string of the molecule is Cn1c(OC[C@H]2CCCN2)nc(-c2ccncn2)cc1=O. The first kappa shape index (κ1) is 13.7. The lowest BCUT2D eigenvalue weighted by atomic mass is 10.2. The summed E-state index contributed by atoms with van der Waals surface area (Å²) in [6.07, 6.45) is 5.28. The van der Waals surface area contributed by atoms with Gasteiger partial charge in [-0.05, 0) is 25.5 Å². The lowest BCUT2D eigenvalue weighted by Crippen LogP contribution is -2.30. The van der Waals surface area contributed by atoms with Crippen molar-refractivity contribution in [3.63, 3.8) is 0 Å². The third-order valence-corrected chi connectivity index (χ3v) is 3.51. The van der Waals surface area contributed by atoms with Crippen molar-refractivity contribution >= 4 is 0 Å². The van der Waals surface area contributed by atoms with Crippen LogP contribution in [0.2, 0.25) is 0 Å². The van der Waals surface area contributed by atoms with Crippen LogP contribution in [0.5, 0.6) is 6.01 Å². The first-order valence-electron chi connectivity index (χ1n) is 6.94. The third-order valence-electron chi connectivity index (χ3n) is 3.51. The molecule has 1 fully saturated rings. The van der Waals surface area contributed by atoms with Gasteiger partial charge in [0.1, 0.15) is 12.9 Å². The zero-order valence-corrected chi connectivity index (χ0v) is 11.8. The number of hydrogen-bond acceptors (Lipinski definition) is 6. The quantitative estimate of drug-likeness (QED) is 0.875. The van der Waals surface area contributed by atoms with Gasteiger partial charge in [0.05, 0.1) is 11.4 Å². The fourth-order valence-corrected chi connectivity index (χ4v) is 2.29. The largest absolute Gasteiger partial charge is 0.463 e. The number of rotatable bonds is 4. The summed E-state index contributed by atoms with van der Waals surface area (Å²) < 4.78 is 7.11. The van der Waals surface area contributed by atoms with E-state index in [2.05, 4.69) is 20.3 Å². The van der Waals surface area contributed by atoms with E-state index in [4.69, 9.17) is 4.74 Å². The van der Waals surface area contributed by atoms with Crippen molar-refractivity contribution in [2.24, 2.45) is 7.05 Å². The summed E-state index contributed by atoms with van der Waals surface area (Å²) in [5, 5.41) is 3.35. The second kappa shape index (κ2) is 6.01. The van der Waals surface area contributed by atoms with Gasteiger partial charge in [0, 0.05) is 25.4 Å². The van der Waals surface area contributed by atoms with Gasteiger partial charge in [0.25, 0.3) is 11.6 Å². The fraction of sp³-hybridized carbons (Fsp3) is 0.429. The summed E-state index contributed by atoms with van der Waals surface area (Å²) in [6, 6.07) is 3.79. The number of hydrogen-bond donors (Lipinski definition) is 1. The number of nitrogens with zero attached hydrogens (tertiary/aromatic N) is 4. The van der Waals surface area contributed by atoms with Gasteiger partial charge in [-0.15, -0.1) is 0 Å². The van der Waals surface area contributed by atoms with Gasteiger partial charge in [-0.3, -0.25) is 9.36 Å². The van der Waals surface area contributed by atoms with Crippen molar-refractivity contribution < 1.29 is 4.74 Å². The highest BCUT2D eigenvalue weighted by Gasteiger charge is 2.16. The van der Waals surface area contributed by atoms with Crippen LogP contribution in [0.15, 0.2) is 29.5 Å². The van der Waals surface area contributed by atoms with Crippen molar-refractivity contribution in [3.8, 4) is 17.4 Å². The van der Waals surface area contributed by atoms with Crippen LogP contribution in [-0.2, 0) is 7.05 Å². The number of ether oxygens (including phenoxy) is 1. The molecule has 7 heteroatoms. The molecule has 1 saturated heterocycles. The Morgan fingerprint density at radius 1 is 1.48 bits per heavy atom. The van der Waals surface area contributed by atoms with Crippen LogP contribution in [0.3, 0.4) is 0 Å². The smallest absolute Gasteiger partial charge is 0.299 e. The molecule has 0 radical (unpaired) electrons. The summed E-state index contributed by atoms with van der Waals surface area (Å²) >= 11 is 0. The predicted octanol–water partition coefficient (Wildman–Crippen LogP) is 0.368. The van der Waals surface area contributed by atoms with Crippen LogP contribution in [0.25, 0.3) is 11.4 Å². The monoisotopic (exact) mass is 287 g/mol. The molecule has 0 spiro atoms. The van der Waals surface area contributed by atoms with E-state index >= 15 is 0 Å². The summed E-state index contributed by atoms with van der Waals surface area (Å²) in [7, 11) is 1.65. The summed E-state index contributed by atoms with van der Waals surface area (Å²) in [5.74, 6) is 0. The second-order valence-corrected chi connectivity index (χ2v) is 5.02. The molecule has 1 N–H and O–H groups in total. The highest BCUT2D eigenvalue weighted by atomic mass is 16.5. The van der Waals surface area contributed by atoms with Gasteiger partial charge >= 0.3 is 0 Å². The minimum Gasteiger partial charge on any atom is -0.463 e. The Kier molecular flexibility index (Phi) is 3.92. The van der Waals surface area contributed by atoms with Crippen molar-refractivity contribution in [1.29, 1.82) is 0 Å². The van der Waals surface area contributed by atoms with E-state index < -0.39 is 0 Å². The normalized spacial score (nSPS) is 17.9. The number of nitrogens with one attached hydrogen (secondary N) is 1. The standard InChI is InChI=1S/C14H17N5O2/c1-19-13(20)7-12(11-4-6-15-9-17-11)18-14(19)21-8-10-3-2-5-16-10/h4,6-7,9-10,16H,2-3,5,8H2,1H3/t10-/m1/s1. The van der Waals surface area contributed by atoms with E-state index in [0.717, 1.165) is 19.4 Å². The molecule has 2 aromatic rings. The number of aromatic nitrogens is 4. The maximum atomic E-state index is 12.0. The van der Waals surface area contributed by atoms with Crippen LogP contribution in [0.1, 0.15) is 12.8 Å². The molecule has 0 unspecified atom stereocenters. The van der Waals surface area contributed by atoms with E-state index in [0.29, 0.717) is 30.0 Å². The Labute approximate surface area is 122 Å². The summed E-state index contributed by atoms with van der Waals surface area (Å²) in [4.78, 5) is 24.4. The molecule has 0 aliphatic carbocycles. The van der Waals surface area contributed by atoms with Crippen LogP contribution < -0.4 is 15.6 Å². The van der Waals surface area contributed by atoms with E-state index in [1.807, 2.05) is 0 Å². The molecule has 1 aliphatic heterocycles. The van der Waals surface area contributed by atoms with Crippen LogP contribution in [-0.4, -0.2) is 38.7 Å². The van der Waals surface area contributed by atoms with Gasteiger partial charge in [0.15, 0.2) is 0 Å². The second-order valence-electron chi connectivity index (χ2n) is 5.02. The molecule has 1 aliphatic rings. The van der Waals surface area contributed by atoms with Gasteiger partial charge in [-0.25, -0.2) is 9.97 Å². The average molecular weight is 287 g/mol. The molecule has 21 heavy (non-hydrogen) atoms. The Balaban J connectivity index is 1.85. The molecule has 110 valence electrons. The molecule has 2 aromatic heterocycles. The van der Waals surface area contributed by atoms with Crippen molar-refractivity contribution in [1.82, 2.24) is 24.8 Å². The third kappa shape index (κ3) is 3.08. The lowest BCUT2D eigenvalue weighted by molar-refractivity contribution is 0.245. The molecule has 1 atom stereocenters. The molecule has 3 rings (SSSR count). The van der Waals surface area contributed by atoms with Crippen molar-refractivity contribution in [2.45, 2.75) is 18.9 Å². The molecule has 0 saturated carbocycles. The molecule has 3 heterocycles. The maximum absolute atomic E-state index is 12.0. The van der Waals surface area contributed by atoms with E-state index in [-0.39, 0.29) is 5.56 Å². The zero-order valence-electron chi connectivity index (χ0n) is 11.8. The predicted molar refractivity (Wildman–Crippen MR) is 77.0 cm³/mol.